The van der Waals surface area contributed by atoms with Gasteiger partial charge in [-0.05, 0) is 23.4 Å². The number of thioether (sulfide) groups is 1. The predicted octanol–water partition coefficient (Wildman–Crippen LogP) is 3.05. The van der Waals surface area contributed by atoms with Crippen LogP contribution < -0.4 is 10.6 Å². The molecule has 126 valence electrons. The Morgan fingerprint density at radius 2 is 2.25 bits per heavy atom. The van der Waals surface area contributed by atoms with Gasteiger partial charge in [-0.15, -0.1) is 11.3 Å². The number of nitrogens with two attached hydrogens (primary N) is 1. The van der Waals surface area contributed by atoms with Crippen LogP contribution >= 0.6 is 23.1 Å². The van der Waals surface area contributed by atoms with E-state index in [1.165, 1.54) is 4.88 Å². The van der Waals surface area contributed by atoms with Crippen LogP contribution in [0.25, 0.3) is 0 Å². The molecule has 0 aliphatic carbocycles. The van der Waals surface area contributed by atoms with Crippen molar-refractivity contribution in [3.8, 4) is 0 Å². The van der Waals surface area contributed by atoms with Crippen molar-refractivity contribution in [3.05, 3.63) is 40.3 Å². The Bertz CT molecular complexity index is 758. The molecule has 0 aromatic carbocycles. The van der Waals surface area contributed by atoms with Gasteiger partial charge in [0.15, 0.2) is 5.17 Å². The maximum absolute atomic E-state index is 6.10. The Balaban J connectivity index is 1.72. The molecule has 0 radical (unpaired) electrons. The fraction of sp³-hybridized carbons (Fsp3) is 0.471. The van der Waals surface area contributed by atoms with E-state index in [1.807, 2.05) is 12.3 Å². The highest BCUT2D eigenvalue weighted by molar-refractivity contribution is 8.13. The van der Waals surface area contributed by atoms with Gasteiger partial charge in [-0.25, -0.2) is 15.0 Å². The van der Waals surface area contributed by atoms with Crippen molar-refractivity contribution in [2.75, 3.05) is 23.7 Å². The standard InChI is InChI=1S/C17H21N5S2/c1-11(2)13-5-6-19-16(20-13)22-8-12-9-24-15(18)21-17(12,10-22)14-4-3-7-23-14/h3-7,11-12H,8-10H2,1-2H3,(H2,18,21)/t12-,17-/m0/s1. The van der Waals surface area contributed by atoms with Gasteiger partial charge in [0, 0.05) is 35.0 Å². The lowest BCUT2D eigenvalue weighted by molar-refractivity contribution is 0.395. The van der Waals surface area contributed by atoms with Crippen LogP contribution in [0.3, 0.4) is 0 Å². The van der Waals surface area contributed by atoms with Crippen LogP contribution in [-0.2, 0) is 5.54 Å². The van der Waals surface area contributed by atoms with Gasteiger partial charge in [0.25, 0.3) is 0 Å². The zero-order chi connectivity index (χ0) is 16.7. The quantitative estimate of drug-likeness (QED) is 0.912. The smallest absolute Gasteiger partial charge is 0.225 e. The molecule has 0 bridgehead atoms. The van der Waals surface area contributed by atoms with Crippen LogP contribution in [0.15, 0.2) is 34.8 Å². The summed E-state index contributed by atoms with van der Waals surface area (Å²) in [6, 6.07) is 6.27. The third kappa shape index (κ3) is 2.59. The molecule has 0 unspecified atom stereocenters. The van der Waals surface area contributed by atoms with Crippen LogP contribution in [0.4, 0.5) is 5.95 Å². The van der Waals surface area contributed by atoms with Crippen molar-refractivity contribution in [1.29, 1.82) is 0 Å². The molecular formula is C17H21N5S2. The van der Waals surface area contributed by atoms with E-state index in [4.69, 9.17) is 15.7 Å². The Hall–Kier alpha value is -1.60. The molecule has 24 heavy (non-hydrogen) atoms. The molecule has 2 atom stereocenters. The highest BCUT2D eigenvalue weighted by Gasteiger charge is 2.51. The number of aliphatic imine (C=N–C) groups is 1. The number of hydrogen-bond donors (Lipinski definition) is 1. The van der Waals surface area contributed by atoms with E-state index < -0.39 is 0 Å². The summed E-state index contributed by atoms with van der Waals surface area (Å²) in [6.07, 6.45) is 1.86. The first-order valence-corrected chi connectivity index (χ1v) is 10.0. The maximum Gasteiger partial charge on any atom is 0.225 e. The average molecular weight is 360 g/mol. The first kappa shape index (κ1) is 15.9. The molecule has 1 fully saturated rings. The van der Waals surface area contributed by atoms with Gasteiger partial charge >= 0.3 is 0 Å². The summed E-state index contributed by atoms with van der Waals surface area (Å²) < 4.78 is 0. The lowest BCUT2D eigenvalue weighted by atomic mass is 9.87. The van der Waals surface area contributed by atoms with Crippen molar-refractivity contribution in [1.82, 2.24) is 9.97 Å². The molecular weight excluding hydrogens is 338 g/mol. The molecule has 0 spiro atoms. The summed E-state index contributed by atoms with van der Waals surface area (Å²) in [4.78, 5) is 17.8. The van der Waals surface area contributed by atoms with Gasteiger partial charge in [0.05, 0.1) is 6.54 Å². The largest absolute Gasteiger partial charge is 0.379 e. The SMILES string of the molecule is CC(C)c1ccnc(N2C[C@H]3CSC(N)=N[C@@]3(c3cccs3)C2)n1. The molecule has 2 N–H and O–H groups in total. The second kappa shape index (κ2) is 6.04. The fourth-order valence-corrected chi connectivity index (χ4v) is 5.40. The predicted molar refractivity (Wildman–Crippen MR) is 102 cm³/mol. The van der Waals surface area contributed by atoms with Crippen LogP contribution in [0, 0.1) is 5.92 Å². The van der Waals surface area contributed by atoms with Crippen LogP contribution in [0.1, 0.15) is 30.3 Å². The normalized spacial score (nSPS) is 26.5. The van der Waals surface area contributed by atoms with Crippen molar-refractivity contribution in [3.63, 3.8) is 0 Å². The Kier molecular flexibility index (Phi) is 4.00. The van der Waals surface area contributed by atoms with E-state index in [-0.39, 0.29) is 5.54 Å². The monoisotopic (exact) mass is 359 g/mol. The van der Waals surface area contributed by atoms with Gasteiger partial charge in [0.1, 0.15) is 5.54 Å². The Morgan fingerprint density at radius 1 is 1.38 bits per heavy atom. The minimum Gasteiger partial charge on any atom is -0.379 e. The summed E-state index contributed by atoms with van der Waals surface area (Å²) in [7, 11) is 0. The van der Waals surface area contributed by atoms with Crippen LogP contribution in [0.2, 0.25) is 0 Å². The Labute approximate surface area is 150 Å². The van der Waals surface area contributed by atoms with Gasteiger partial charge in [-0.3, -0.25) is 0 Å². The fourth-order valence-electron chi connectivity index (χ4n) is 3.48. The van der Waals surface area contributed by atoms with E-state index in [9.17, 15) is 0 Å². The first-order chi connectivity index (χ1) is 11.6. The highest BCUT2D eigenvalue weighted by atomic mass is 32.2. The van der Waals surface area contributed by atoms with E-state index in [1.54, 1.807) is 23.1 Å². The van der Waals surface area contributed by atoms with E-state index >= 15 is 0 Å². The minimum atomic E-state index is -0.249. The summed E-state index contributed by atoms with van der Waals surface area (Å²) in [6.45, 7) is 6.03. The lowest BCUT2D eigenvalue weighted by Crippen LogP contribution is -2.39. The summed E-state index contributed by atoms with van der Waals surface area (Å²) in [5.74, 6) is 2.63. The molecule has 4 heterocycles. The van der Waals surface area contributed by atoms with Crippen molar-refractivity contribution in [2.24, 2.45) is 16.6 Å². The summed E-state index contributed by atoms with van der Waals surface area (Å²) >= 11 is 3.43. The van der Waals surface area contributed by atoms with E-state index in [0.29, 0.717) is 17.0 Å². The topological polar surface area (TPSA) is 67.4 Å². The van der Waals surface area contributed by atoms with Crippen LogP contribution in [0.5, 0.6) is 0 Å². The lowest BCUT2D eigenvalue weighted by Gasteiger charge is -2.33. The number of fused-ring (bicyclic) bond motifs is 1. The molecule has 2 aromatic heterocycles. The third-order valence-electron chi connectivity index (χ3n) is 4.78. The number of nitrogens with zero attached hydrogens (tertiary/aromatic N) is 4. The zero-order valence-corrected chi connectivity index (χ0v) is 15.5. The van der Waals surface area contributed by atoms with Gasteiger partial charge in [-0.2, -0.15) is 0 Å². The van der Waals surface area contributed by atoms with Gasteiger partial charge < -0.3 is 10.6 Å². The summed E-state index contributed by atoms with van der Waals surface area (Å²) in [5, 5.41) is 2.81. The third-order valence-corrected chi connectivity index (χ3v) is 6.77. The molecule has 5 nitrogen and oxygen atoms in total. The molecule has 1 saturated heterocycles. The van der Waals surface area contributed by atoms with Crippen molar-refractivity contribution < 1.29 is 0 Å². The summed E-state index contributed by atoms with van der Waals surface area (Å²) in [5.41, 5.74) is 6.93. The second-order valence-electron chi connectivity index (χ2n) is 6.68. The molecule has 7 heteroatoms. The molecule has 4 rings (SSSR count). The van der Waals surface area contributed by atoms with E-state index in [0.717, 1.165) is 30.5 Å². The average Bonchev–Trinajstić information content (AvgIpc) is 3.22. The van der Waals surface area contributed by atoms with Gasteiger partial charge in [0.2, 0.25) is 5.95 Å². The van der Waals surface area contributed by atoms with Crippen molar-refractivity contribution in [2.45, 2.75) is 25.3 Å². The van der Waals surface area contributed by atoms with Crippen LogP contribution in [-0.4, -0.2) is 34.0 Å². The number of anilines is 1. The molecule has 2 aliphatic rings. The number of amidine groups is 1. The maximum atomic E-state index is 6.10. The minimum absolute atomic E-state index is 0.249. The van der Waals surface area contributed by atoms with Gasteiger partial charge in [-0.1, -0.05) is 31.7 Å². The van der Waals surface area contributed by atoms with Crippen molar-refractivity contribution >= 4 is 34.2 Å². The number of aromatic nitrogens is 2. The molecule has 0 amide bonds. The zero-order valence-electron chi connectivity index (χ0n) is 13.8. The molecule has 2 aromatic rings. The number of hydrogen-bond acceptors (Lipinski definition) is 7. The molecule has 2 aliphatic heterocycles. The Morgan fingerprint density at radius 3 is 3.00 bits per heavy atom. The number of thiophene rings is 1. The molecule has 0 saturated carbocycles. The second-order valence-corrected chi connectivity index (χ2v) is 8.66. The number of rotatable bonds is 3. The first-order valence-electron chi connectivity index (χ1n) is 8.18. The van der Waals surface area contributed by atoms with E-state index in [2.05, 4.69) is 41.2 Å². The highest BCUT2D eigenvalue weighted by Crippen LogP contribution is 2.47.